The smallest absolute Gasteiger partial charge is 0.244 e. The van der Waals surface area contributed by atoms with Crippen LogP contribution in [0, 0.1) is 0 Å². The lowest BCUT2D eigenvalue weighted by Crippen LogP contribution is -2.33. The van der Waals surface area contributed by atoms with Gasteiger partial charge >= 0.3 is 0 Å². The van der Waals surface area contributed by atoms with Crippen molar-refractivity contribution in [2.45, 2.75) is 44.6 Å². The predicted octanol–water partition coefficient (Wildman–Crippen LogP) is 3.52. The highest BCUT2D eigenvalue weighted by molar-refractivity contribution is 5.91. The van der Waals surface area contributed by atoms with E-state index in [1.165, 1.54) is 25.7 Å². The van der Waals surface area contributed by atoms with Crippen LogP contribution >= 0.6 is 0 Å². The van der Waals surface area contributed by atoms with Gasteiger partial charge < -0.3 is 14.8 Å². The summed E-state index contributed by atoms with van der Waals surface area (Å²) < 4.78 is 10.2. The van der Waals surface area contributed by atoms with Gasteiger partial charge in [0.25, 0.3) is 0 Å². The Bertz CT molecular complexity index is 474. The molecule has 2 rings (SSSR count). The number of benzene rings is 1. The van der Waals surface area contributed by atoms with E-state index in [0.717, 1.165) is 24.2 Å². The molecule has 0 atom stereocenters. The number of hydrogen-bond acceptors (Lipinski definition) is 3. The van der Waals surface area contributed by atoms with Crippen LogP contribution in [0.3, 0.4) is 0 Å². The Morgan fingerprint density at radius 2 is 1.86 bits per heavy atom. The maximum Gasteiger partial charge on any atom is 0.244 e. The minimum absolute atomic E-state index is 0.00777. The Labute approximate surface area is 132 Å². The van der Waals surface area contributed by atoms with Crippen LogP contribution < -0.4 is 10.1 Å². The fourth-order valence-corrected chi connectivity index (χ4v) is 2.65. The molecule has 120 valence electrons. The molecular formula is C18H25NO3. The molecule has 0 aliphatic heterocycles. The van der Waals surface area contributed by atoms with Gasteiger partial charge in [0.2, 0.25) is 5.91 Å². The highest BCUT2D eigenvalue weighted by Crippen LogP contribution is 2.17. The third-order valence-corrected chi connectivity index (χ3v) is 3.85. The van der Waals surface area contributed by atoms with Gasteiger partial charge in [-0.05, 0) is 36.6 Å². The lowest BCUT2D eigenvalue weighted by Gasteiger charge is -2.14. The average molecular weight is 303 g/mol. The third kappa shape index (κ3) is 5.90. The molecule has 1 aromatic carbocycles. The quantitative estimate of drug-likeness (QED) is 0.497. The zero-order valence-corrected chi connectivity index (χ0v) is 13.2. The van der Waals surface area contributed by atoms with E-state index >= 15 is 0 Å². The second-order valence-corrected chi connectivity index (χ2v) is 5.65. The number of hydrogen-bond donors (Lipinski definition) is 1. The summed E-state index contributed by atoms with van der Waals surface area (Å²) in [5.74, 6) is 0.744. The second-order valence-electron chi connectivity index (χ2n) is 5.65. The number of nitrogens with one attached hydrogen (secondary N) is 1. The molecule has 1 aromatic rings. The highest BCUT2D eigenvalue weighted by Gasteiger charge is 2.12. The van der Waals surface area contributed by atoms with E-state index in [4.69, 9.17) is 9.47 Å². The number of amides is 1. The first-order valence-electron chi connectivity index (χ1n) is 7.98. The van der Waals surface area contributed by atoms with E-state index in [1.807, 2.05) is 30.3 Å². The van der Waals surface area contributed by atoms with E-state index in [0.29, 0.717) is 6.04 Å². The van der Waals surface area contributed by atoms with Crippen molar-refractivity contribution in [3.8, 4) is 5.75 Å². The molecule has 1 aliphatic rings. The summed E-state index contributed by atoms with van der Waals surface area (Å²) >= 11 is 0. The number of rotatable bonds is 6. The Morgan fingerprint density at radius 1 is 1.18 bits per heavy atom. The summed E-state index contributed by atoms with van der Waals surface area (Å²) in [6, 6.07) is 7.90. The first-order chi connectivity index (χ1) is 10.8. The monoisotopic (exact) mass is 303 g/mol. The van der Waals surface area contributed by atoms with E-state index in [1.54, 1.807) is 13.2 Å². The second kappa shape index (κ2) is 9.26. The van der Waals surface area contributed by atoms with Crippen molar-refractivity contribution in [2.24, 2.45) is 0 Å². The topological polar surface area (TPSA) is 47.6 Å². The molecule has 0 saturated heterocycles. The van der Waals surface area contributed by atoms with Crippen molar-refractivity contribution in [1.29, 1.82) is 0 Å². The van der Waals surface area contributed by atoms with E-state index in [9.17, 15) is 4.79 Å². The molecule has 0 aromatic heterocycles. The van der Waals surface area contributed by atoms with Gasteiger partial charge in [-0.2, -0.15) is 0 Å². The Balaban J connectivity index is 1.81. The van der Waals surface area contributed by atoms with Crippen molar-refractivity contribution in [2.75, 3.05) is 13.9 Å². The van der Waals surface area contributed by atoms with E-state index in [-0.39, 0.29) is 12.7 Å². The Morgan fingerprint density at radius 3 is 2.50 bits per heavy atom. The molecule has 0 radical (unpaired) electrons. The summed E-state index contributed by atoms with van der Waals surface area (Å²) in [6.07, 6.45) is 10.7. The SMILES string of the molecule is COCOc1ccc(/C=C/C(=O)NC2CCCCCC2)cc1. The van der Waals surface area contributed by atoms with Crippen molar-refractivity contribution in [1.82, 2.24) is 5.32 Å². The maximum atomic E-state index is 12.0. The molecule has 0 unspecified atom stereocenters. The highest BCUT2D eigenvalue weighted by atomic mass is 16.7. The van der Waals surface area contributed by atoms with Crippen LogP contribution in [-0.2, 0) is 9.53 Å². The van der Waals surface area contributed by atoms with Gasteiger partial charge in [0.1, 0.15) is 5.75 Å². The number of ether oxygens (including phenoxy) is 2. The van der Waals surface area contributed by atoms with Crippen LogP contribution in [0.1, 0.15) is 44.1 Å². The molecular weight excluding hydrogens is 278 g/mol. The van der Waals surface area contributed by atoms with Gasteiger partial charge in [-0.15, -0.1) is 0 Å². The maximum absolute atomic E-state index is 12.0. The zero-order valence-electron chi connectivity index (χ0n) is 13.2. The first kappa shape index (κ1) is 16.6. The number of carbonyl (C=O) groups is 1. The summed E-state index contributed by atoms with van der Waals surface area (Å²) in [4.78, 5) is 12.0. The molecule has 1 amide bonds. The zero-order chi connectivity index (χ0) is 15.6. The van der Waals surface area contributed by atoms with Crippen LogP contribution in [-0.4, -0.2) is 25.9 Å². The molecule has 1 N–H and O–H groups in total. The lowest BCUT2D eigenvalue weighted by molar-refractivity contribution is -0.117. The summed E-state index contributed by atoms with van der Waals surface area (Å²) in [5.41, 5.74) is 0.973. The first-order valence-corrected chi connectivity index (χ1v) is 7.98. The average Bonchev–Trinajstić information content (AvgIpc) is 2.80. The van der Waals surface area contributed by atoms with Crippen LogP contribution in [0.2, 0.25) is 0 Å². The van der Waals surface area contributed by atoms with Crippen LogP contribution in [0.4, 0.5) is 0 Å². The molecule has 22 heavy (non-hydrogen) atoms. The van der Waals surface area contributed by atoms with E-state index < -0.39 is 0 Å². The molecule has 1 saturated carbocycles. The summed E-state index contributed by atoms with van der Waals surface area (Å²) in [7, 11) is 1.59. The molecule has 4 nitrogen and oxygen atoms in total. The minimum atomic E-state index is -0.00777. The molecule has 4 heteroatoms. The van der Waals surface area contributed by atoms with Gasteiger partial charge in [0.05, 0.1) is 0 Å². The third-order valence-electron chi connectivity index (χ3n) is 3.85. The molecule has 0 bridgehead atoms. The van der Waals surface area contributed by atoms with Crippen molar-refractivity contribution < 1.29 is 14.3 Å². The molecule has 0 spiro atoms. The molecule has 0 heterocycles. The van der Waals surface area contributed by atoms with Crippen molar-refractivity contribution in [3.63, 3.8) is 0 Å². The van der Waals surface area contributed by atoms with E-state index in [2.05, 4.69) is 5.32 Å². The molecule has 1 aliphatic carbocycles. The van der Waals surface area contributed by atoms with Crippen molar-refractivity contribution >= 4 is 12.0 Å². The van der Waals surface area contributed by atoms with Crippen molar-refractivity contribution in [3.05, 3.63) is 35.9 Å². The Kier molecular flexibility index (Phi) is 6.97. The van der Waals surface area contributed by atoms with Crippen LogP contribution in [0.15, 0.2) is 30.3 Å². The van der Waals surface area contributed by atoms with Crippen LogP contribution in [0.5, 0.6) is 5.75 Å². The fraction of sp³-hybridized carbons (Fsp3) is 0.500. The minimum Gasteiger partial charge on any atom is -0.468 e. The summed E-state index contributed by atoms with van der Waals surface area (Å²) in [6.45, 7) is 0.235. The number of carbonyl (C=O) groups excluding carboxylic acids is 1. The molecule has 1 fully saturated rings. The van der Waals surface area contributed by atoms with Gasteiger partial charge in [-0.25, -0.2) is 0 Å². The fourth-order valence-electron chi connectivity index (χ4n) is 2.65. The predicted molar refractivity (Wildman–Crippen MR) is 87.6 cm³/mol. The summed E-state index contributed by atoms with van der Waals surface area (Å²) in [5, 5.41) is 3.10. The lowest BCUT2D eigenvalue weighted by atomic mass is 10.1. The van der Waals surface area contributed by atoms with Gasteiger partial charge in [0.15, 0.2) is 6.79 Å². The normalized spacial score (nSPS) is 16.4. The largest absolute Gasteiger partial charge is 0.468 e. The standard InChI is InChI=1S/C18H25NO3/c1-21-14-22-17-11-8-15(9-12-17)10-13-18(20)19-16-6-4-2-3-5-7-16/h8-13,16H,2-7,14H2,1H3,(H,19,20)/b13-10+. The van der Waals surface area contributed by atoms with Crippen LogP contribution in [0.25, 0.3) is 6.08 Å². The number of methoxy groups -OCH3 is 1. The van der Waals surface area contributed by atoms with Gasteiger partial charge in [0, 0.05) is 19.2 Å². The Hall–Kier alpha value is -1.81. The van der Waals surface area contributed by atoms with Gasteiger partial charge in [-0.1, -0.05) is 37.8 Å². The van der Waals surface area contributed by atoms with Gasteiger partial charge in [-0.3, -0.25) is 4.79 Å².